The summed E-state index contributed by atoms with van der Waals surface area (Å²) in [6.45, 7) is 0. The van der Waals surface area contributed by atoms with Crippen molar-refractivity contribution in [2.75, 3.05) is 19.6 Å². The van der Waals surface area contributed by atoms with Crippen molar-refractivity contribution < 1.29 is 19.3 Å². The molecule has 0 heterocycles. The van der Waals surface area contributed by atoms with Gasteiger partial charge in [0.05, 0.1) is 47.6 Å². The number of hydrazone groups is 1. The van der Waals surface area contributed by atoms with Crippen LogP contribution in [0.3, 0.4) is 0 Å². The van der Waals surface area contributed by atoms with Crippen LogP contribution >= 0.6 is 0 Å². The van der Waals surface area contributed by atoms with Crippen LogP contribution < -0.4 is 14.9 Å². The van der Waals surface area contributed by atoms with Crippen LogP contribution in [-0.4, -0.2) is 30.3 Å². The smallest absolute Gasteiger partial charge is 0.282 e. The molecule has 25 heavy (non-hydrogen) atoms. The van der Waals surface area contributed by atoms with Crippen molar-refractivity contribution in [2.24, 2.45) is 5.10 Å². The van der Waals surface area contributed by atoms with Gasteiger partial charge in [-0.2, -0.15) is 5.10 Å². The van der Waals surface area contributed by atoms with Gasteiger partial charge in [0.25, 0.3) is 11.4 Å². The molecular weight excluding hydrogens is 332 g/mol. The number of benzene rings is 2. The minimum Gasteiger partial charge on any atom is -0.493 e. The Morgan fingerprint density at radius 1 is 1.00 bits per heavy atom. The number of nitrogens with zero attached hydrogens (tertiary/aromatic N) is 3. The zero-order valence-electron chi connectivity index (χ0n) is 13.3. The summed E-state index contributed by atoms with van der Waals surface area (Å²) in [7, 11) is 2.80. The van der Waals surface area contributed by atoms with E-state index in [2.05, 4.69) is 10.5 Å². The third kappa shape index (κ3) is 4.19. The molecule has 0 saturated heterocycles. The van der Waals surface area contributed by atoms with Gasteiger partial charge < -0.3 is 9.47 Å². The summed E-state index contributed by atoms with van der Waals surface area (Å²) >= 11 is 0. The van der Waals surface area contributed by atoms with Crippen molar-refractivity contribution in [3.05, 3.63) is 62.2 Å². The molecule has 1 N–H and O–H groups in total. The second-order valence-electron chi connectivity index (χ2n) is 4.70. The van der Waals surface area contributed by atoms with Gasteiger partial charge in [0, 0.05) is 12.1 Å². The maximum absolute atomic E-state index is 11.2. The van der Waals surface area contributed by atoms with Gasteiger partial charge in [-0.15, -0.1) is 0 Å². The molecule has 0 aliphatic carbocycles. The van der Waals surface area contributed by atoms with E-state index in [0.717, 1.165) is 0 Å². The van der Waals surface area contributed by atoms with Crippen LogP contribution in [0.2, 0.25) is 0 Å². The maximum Gasteiger partial charge on any atom is 0.282 e. The summed E-state index contributed by atoms with van der Waals surface area (Å²) < 4.78 is 10.2. The molecule has 2 aromatic rings. The number of nitro benzene ring substituents is 2. The first-order valence-corrected chi connectivity index (χ1v) is 6.90. The van der Waals surface area contributed by atoms with E-state index in [9.17, 15) is 20.2 Å². The first-order valence-electron chi connectivity index (χ1n) is 6.90. The van der Waals surface area contributed by atoms with Crippen LogP contribution in [0.5, 0.6) is 11.5 Å². The number of anilines is 1. The Bertz CT molecular complexity index is 820. The Kier molecular flexibility index (Phi) is 5.46. The second kappa shape index (κ2) is 7.73. The highest BCUT2D eigenvalue weighted by Crippen LogP contribution is 2.33. The molecule has 0 unspecified atom stereocenters. The van der Waals surface area contributed by atoms with Gasteiger partial charge in [-0.05, 0) is 18.2 Å². The number of nitrogens with one attached hydrogen (secondary N) is 1. The van der Waals surface area contributed by atoms with Crippen LogP contribution in [-0.2, 0) is 0 Å². The number of non-ortho nitro benzene ring substituents is 1. The quantitative estimate of drug-likeness (QED) is 0.463. The van der Waals surface area contributed by atoms with E-state index in [1.807, 2.05) is 0 Å². The average molecular weight is 346 g/mol. The Balaban J connectivity index is 2.24. The molecule has 0 aromatic heterocycles. The van der Waals surface area contributed by atoms with Crippen LogP contribution in [0.4, 0.5) is 17.1 Å². The fraction of sp³-hybridized carbons (Fsp3) is 0.133. The van der Waals surface area contributed by atoms with Gasteiger partial charge in [-0.3, -0.25) is 25.7 Å². The predicted molar refractivity (Wildman–Crippen MR) is 90.5 cm³/mol. The Morgan fingerprint density at radius 2 is 1.60 bits per heavy atom. The molecule has 0 amide bonds. The zero-order chi connectivity index (χ0) is 18.4. The van der Waals surface area contributed by atoms with E-state index in [4.69, 9.17) is 9.47 Å². The van der Waals surface area contributed by atoms with Crippen LogP contribution in [0.1, 0.15) is 5.56 Å². The molecule has 0 fully saturated rings. The molecule has 10 heteroatoms. The molecule has 0 saturated carbocycles. The Hall–Kier alpha value is -3.69. The number of hydrogen-bond donors (Lipinski definition) is 1. The van der Waals surface area contributed by atoms with Crippen molar-refractivity contribution in [1.29, 1.82) is 0 Å². The van der Waals surface area contributed by atoms with Gasteiger partial charge in [0.1, 0.15) is 0 Å². The van der Waals surface area contributed by atoms with Crippen molar-refractivity contribution >= 4 is 23.3 Å². The first kappa shape index (κ1) is 17.7. The van der Waals surface area contributed by atoms with Crippen molar-refractivity contribution in [1.82, 2.24) is 0 Å². The Labute approximate surface area is 142 Å². The van der Waals surface area contributed by atoms with Gasteiger partial charge >= 0.3 is 0 Å². The number of rotatable bonds is 7. The van der Waals surface area contributed by atoms with Gasteiger partial charge in [-0.1, -0.05) is 0 Å². The minimum atomic E-state index is -0.560. The Morgan fingerprint density at radius 3 is 2.12 bits per heavy atom. The normalized spacial score (nSPS) is 10.5. The first-order chi connectivity index (χ1) is 12.0. The summed E-state index contributed by atoms with van der Waals surface area (Å²) in [5.74, 6) is 0.555. The minimum absolute atomic E-state index is 0.0509. The van der Waals surface area contributed by atoms with E-state index in [1.165, 1.54) is 56.8 Å². The summed E-state index contributed by atoms with van der Waals surface area (Å²) in [6, 6.07) is 8.24. The zero-order valence-corrected chi connectivity index (χ0v) is 13.3. The van der Waals surface area contributed by atoms with Crippen molar-refractivity contribution in [3.8, 4) is 11.5 Å². The van der Waals surface area contributed by atoms with Gasteiger partial charge in [-0.25, -0.2) is 0 Å². The third-order valence-corrected chi connectivity index (χ3v) is 3.20. The standard InChI is InChI=1S/C15H14N4O6/c1-24-14-7-10(13(19(22)23)8-15(14)25-2)9-16-17-11-3-5-12(6-4-11)18(20)21/h3-9,17H,1-2H3. The highest BCUT2D eigenvalue weighted by molar-refractivity contribution is 5.87. The van der Waals surface area contributed by atoms with Crippen molar-refractivity contribution in [3.63, 3.8) is 0 Å². The van der Waals surface area contributed by atoms with E-state index in [1.54, 1.807) is 0 Å². The van der Waals surface area contributed by atoms with Crippen LogP contribution in [0.15, 0.2) is 41.5 Å². The molecular formula is C15H14N4O6. The molecule has 0 atom stereocenters. The molecule has 130 valence electrons. The van der Waals surface area contributed by atoms with E-state index >= 15 is 0 Å². The van der Waals surface area contributed by atoms with E-state index < -0.39 is 9.85 Å². The molecule has 0 radical (unpaired) electrons. The van der Waals surface area contributed by atoms with E-state index in [0.29, 0.717) is 11.4 Å². The number of hydrogen-bond acceptors (Lipinski definition) is 8. The maximum atomic E-state index is 11.2. The van der Waals surface area contributed by atoms with Crippen molar-refractivity contribution in [2.45, 2.75) is 0 Å². The lowest BCUT2D eigenvalue weighted by molar-refractivity contribution is -0.385. The number of nitro groups is 2. The highest BCUT2D eigenvalue weighted by Gasteiger charge is 2.18. The largest absolute Gasteiger partial charge is 0.493 e. The predicted octanol–water partition coefficient (Wildman–Crippen LogP) is 2.97. The molecule has 0 bridgehead atoms. The lowest BCUT2D eigenvalue weighted by atomic mass is 10.1. The highest BCUT2D eigenvalue weighted by atomic mass is 16.6. The lowest BCUT2D eigenvalue weighted by Gasteiger charge is -2.08. The van der Waals surface area contributed by atoms with Crippen LogP contribution in [0, 0.1) is 20.2 Å². The summed E-state index contributed by atoms with van der Waals surface area (Å²) in [5, 5.41) is 25.7. The SMILES string of the molecule is COc1cc(C=NNc2ccc([N+](=O)[O-])cc2)c([N+](=O)[O-])cc1OC. The summed E-state index contributed by atoms with van der Waals surface area (Å²) in [5.41, 5.74) is 3.09. The summed E-state index contributed by atoms with van der Waals surface area (Å²) in [4.78, 5) is 20.7. The topological polar surface area (TPSA) is 129 Å². The number of methoxy groups -OCH3 is 2. The molecule has 0 aliphatic heterocycles. The molecule has 2 rings (SSSR count). The molecule has 0 spiro atoms. The monoisotopic (exact) mass is 346 g/mol. The van der Waals surface area contributed by atoms with E-state index in [-0.39, 0.29) is 22.7 Å². The van der Waals surface area contributed by atoms with Gasteiger partial charge in [0.15, 0.2) is 11.5 Å². The molecule has 2 aromatic carbocycles. The fourth-order valence-electron chi connectivity index (χ4n) is 1.98. The molecule has 10 nitrogen and oxygen atoms in total. The number of ether oxygens (including phenoxy) is 2. The lowest BCUT2D eigenvalue weighted by Crippen LogP contribution is -2.00. The average Bonchev–Trinajstić information content (AvgIpc) is 2.61. The fourth-order valence-corrected chi connectivity index (χ4v) is 1.98. The summed E-state index contributed by atoms with van der Waals surface area (Å²) in [6.07, 6.45) is 1.25. The second-order valence-corrected chi connectivity index (χ2v) is 4.70. The molecule has 0 aliphatic rings. The van der Waals surface area contributed by atoms with Crippen LogP contribution in [0.25, 0.3) is 0 Å². The third-order valence-electron chi connectivity index (χ3n) is 3.20. The van der Waals surface area contributed by atoms with Gasteiger partial charge in [0.2, 0.25) is 0 Å².